The molecule has 0 saturated carbocycles. The molecule has 7 nitrogen and oxygen atoms in total. The van der Waals surface area contributed by atoms with Gasteiger partial charge in [0.2, 0.25) is 0 Å². The minimum absolute atomic E-state index is 0.0233. The predicted molar refractivity (Wildman–Crippen MR) is 124 cm³/mol. The Bertz CT molecular complexity index is 754. The molecule has 0 aliphatic rings. The first-order chi connectivity index (χ1) is 14.8. The molecule has 7 heteroatoms. The number of hydrogen-bond donors (Lipinski definition) is 0. The smallest absolute Gasteiger partial charge is 0.311 e. The molecule has 0 aliphatic heterocycles. The largest absolute Gasteiger partial charge is 0.462 e. The maximum Gasteiger partial charge on any atom is 0.311 e. The molecular formula is C25H42N2O5. The van der Waals surface area contributed by atoms with E-state index in [0.717, 1.165) is 0 Å². The first-order valence-corrected chi connectivity index (χ1v) is 11.7. The number of ether oxygens (including phenoxy) is 2. The third-order valence-corrected chi connectivity index (χ3v) is 6.71. The van der Waals surface area contributed by atoms with Gasteiger partial charge in [0.25, 0.3) is 0 Å². The van der Waals surface area contributed by atoms with Crippen LogP contribution in [-0.4, -0.2) is 40.5 Å². The molecule has 182 valence electrons. The highest BCUT2D eigenvalue weighted by atomic mass is 16.6. The fraction of sp³-hybridized carbons (Fsp3) is 0.760. The van der Waals surface area contributed by atoms with E-state index in [-0.39, 0.29) is 37.0 Å². The van der Waals surface area contributed by atoms with Crippen molar-refractivity contribution in [3.63, 3.8) is 0 Å². The number of esters is 2. The molecule has 0 fully saturated rings. The molecule has 0 N–H and O–H groups in total. The van der Waals surface area contributed by atoms with Crippen molar-refractivity contribution in [2.24, 2.45) is 16.2 Å². The first kappa shape index (κ1) is 27.9. The lowest BCUT2D eigenvalue weighted by Gasteiger charge is -2.35. The van der Waals surface area contributed by atoms with Gasteiger partial charge >= 0.3 is 11.9 Å². The van der Waals surface area contributed by atoms with Crippen molar-refractivity contribution in [2.45, 2.75) is 93.5 Å². The Balaban J connectivity index is 2.84. The number of hydrogen-bond acceptors (Lipinski definition) is 6. The summed E-state index contributed by atoms with van der Waals surface area (Å²) in [6.45, 7) is 15.3. The van der Waals surface area contributed by atoms with E-state index in [1.165, 1.54) is 0 Å². The minimum Gasteiger partial charge on any atom is -0.462 e. The second-order valence-corrected chi connectivity index (χ2v) is 10.2. The summed E-state index contributed by atoms with van der Waals surface area (Å²) >= 11 is 0. The van der Waals surface area contributed by atoms with E-state index >= 15 is 0 Å². The van der Waals surface area contributed by atoms with Gasteiger partial charge in [-0.1, -0.05) is 34.6 Å². The maximum atomic E-state index is 13.0. The van der Waals surface area contributed by atoms with Crippen LogP contribution in [-0.2, 0) is 23.9 Å². The second kappa shape index (κ2) is 11.6. The summed E-state index contributed by atoms with van der Waals surface area (Å²) in [6, 6.07) is -0.0799. The van der Waals surface area contributed by atoms with Gasteiger partial charge in [0.15, 0.2) is 0 Å². The molecule has 2 unspecified atom stereocenters. The molecule has 1 heterocycles. The summed E-state index contributed by atoms with van der Waals surface area (Å²) in [5.41, 5.74) is -1.81. The number of imidazole rings is 1. The third-order valence-electron chi connectivity index (χ3n) is 6.71. The fourth-order valence-electron chi connectivity index (χ4n) is 3.62. The van der Waals surface area contributed by atoms with Crippen molar-refractivity contribution >= 4 is 17.7 Å². The van der Waals surface area contributed by atoms with Crippen LogP contribution >= 0.6 is 0 Å². The lowest BCUT2D eigenvalue weighted by atomic mass is 9.74. The molecule has 0 saturated heterocycles. The number of Topliss-reactive ketones (excluding diaryl/α,β-unsaturated/α-hetero) is 1. The Morgan fingerprint density at radius 2 is 1.47 bits per heavy atom. The molecule has 1 aromatic heterocycles. The Morgan fingerprint density at radius 3 is 1.94 bits per heavy atom. The molecule has 0 aliphatic carbocycles. The predicted octanol–water partition coefficient (Wildman–Crippen LogP) is 5.15. The lowest BCUT2D eigenvalue weighted by molar-refractivity contribution is -0.164. The van der Waals surface area contributed by atoms with Crippen LogP contribution in [0.15, 0.2) is 18.7 Å². The Hall–Kier alpha value is -2.18. The minimum atomic E-state index is -0.743. The van der Waals surface area contributed by atoms with Crippen LogP contribution in [0.5, 0.6) is 0 Å². The van der Waals surface area contributed by atoms with Crippen molar-refractivity contribution in [3.05, 3.63) is 18.7 Å². The second-order valence-electron chi connectivity index (χ2n) is 10.2. The molecule has 2 atom stereocenters. The van der Waals surface area contributed by atoms with Crippen molar-refractivity contribution < 1.29 is 23.9 Å². The van der Waals surface area contributed by atoms with Gasteiger partial charge in [0.05, 0.1) is 17.2 Å². The van der Waals surface area contributed by atoms with Gasteiger partial charge in [-0.15, -0.1) is 0 Å². The van der Waals surface area contributed by atoms with Crippen molar-refractivity contribution in [3.8, 4) is 0 Å². The van der Waals surface area contributed by atoms with E-state index in [1.54, 1.807) is 12.5 Å². The molecular weight excluding hydrogens is 408 g/mol. The van der Waals surface area contributed by atoms with Gasteiger partial charge in [-0.3, -0.25) is 14.4 Å². The zero-order valence-electron chi connectivity index (χ0n) is 21.2. The lowest BCUT2D eigenvalue weighted by Crippen LogP contribution is -2.36. The van der Waals surface area contributed by atoms with Crippen molar-refractivity contribution in [2.75, 3.05) is 13.2 Å². The first-order valence-electron chi connectivity index (χ1n) is 11.7. The number of rotatable bonds is 14. The number of nitrogens with zero attached hydrogens (tertiary/aromatic N) is 2. The van der Waals surface area contributed by atoms with Gasteiger partial charge in [-0.05, 0) is 46.5 Å². The summed E-state index contributed by atoms with van der Waals surface area (Å²) in [5.74, 6) is -0.423. The highest BCUT2D eigenvalue weighted by Crippen LogP contribution is 2.40. The standard InChI is InChI=1S/C25H42N2O5/c1-9-20(28)24(6,7)16-19(27-13-12-26-18-27)17-25(8,11-3)22(30)32-15-14-31-21(29)23(4,5)10-2/h12-13,18-19H,9-11,14-17H2,1-8H3. The van der Waals surface area contributed by atoms with Gasteiger partial charge in [-0.2, -0.15) is 0 Å². The molecule has 0 amide bonds. The van der Waals surface area contributed by atoms with Gasteiger partial charge in [-0.25, -0.2) is 4.98 Å². The maximum absolute atomic E-state index is 13.0. The van der Waals surface area contributed by atoms with Crippen molar-refractivity contribution in [1.82, 2.24) is 9.55 Å². The highest BCUT2D eigenvalue weighted by Gasteiger charge is 2.39. The van der Waals surface area contributed by atoms with E-state index in [1.807, 2.05) is 66.2 Å². The van der Waals surface area contributed by atoms with Crippen LogP contribution in [0.1, 0.15) is 93.5 Å². The van der Waals surface area contributed by atoms with Gasteiger partial charge in [0, 0.05) is 30.3 Å². The number of carbonyl (C=O) groups excluding carboxylic acids is 3. The van der Waals surface area contributed by atoms with Crippen molar-refractivity contribution in [1.29, 1.82) is 0 Å². The Kier molecular flexibility index (Phi) is 10.1. The molecule has 0 radical (unpaired) electrons. The molecule has 0 aromatic carbocycles. The summed E-state index contributed by atoms with van der Waals surface area (Å²) in [7, 11) is 0. The average Bonchev–Trinajstić information content (AvgIpc) is 3.29. The molecule has 1 rings (SSSR count). The third kappa shape index (κ3) is 7.45. The SMILES string of the molecule is CCC(=O)C(C)(C)CC(CC(C)(CC)C(=O)OCCOC(=O)C(C)(C)CC)n1ccnc1. The molecule has 0 spiro atoms. The summed E-state index contributed by atoms with van der Waals surface area (Å²) in [4.78, 5) is 41.7. The fourth-order valence-corrected chi connectivity index (χ4v) is 3.62. The van der Waals surface area contributed by atoms with Gasteiger partial charge in [0.1, 0.15) is 19.0 Å². The van der Waals surface area contributed by atoms with Crippen LogP contribution in [0.25, 0.3) is 0 Å². The quantitative estimate of drug-likeness (QED) is 0.288. The highest BCUT2D eigenvalue weighted by molar-refractivity contribution is 5.83. The van der Waals surface area contributed by atoms with E-state index in [0.29, 0.717) is 32.1 Å². The zero-order chi connectivity index (χ0) is 24.6. The number of aromatic nitrogens is 2. The number of carbonyl (C=O) groups is 3. The van der Waals surface area contributed by atoms with E-state index in [2.05, 4.69) is 4.98 Å². The summed E-state index contributed by atoms with van der Waals surface area (Å²) in [6.07, 6.45) is 8.15. The van der Waals surface area contributed by atoms with Crippen LogP contribution in [0.3, 0.4) is 0 Å². The number of ketones is 1. The Labute approximate surface area is 193 Å². The molecule has 0 bridgehead atoms. The molecule has 32 heavy (non-hydrogen) atoms. The molecule has 1 aromatic rings. The van der Waals surface area contributed by atoms with E-state index in [4.69, 9.17) is 9.47 Å². The summed E-state index contributed by atoms with van der Waals surface area (Å²) < 4.78 is 12.7. The van der Waals surface area contributed by atoms with E-state index in [9.17, 15) is 14.4 Å². The van der Waals surface area contributed by atoms with Crippen LogP contribution in [0, 0.1) is 16.2 Å². The monoisotopic (exact) mass is 450 g/mol. The zero-order valence-corrected chi connectivity index (χ0v) is 21.2. The van der Waals surface area contributed by atoms with Crippen LogP contribution < -0.4 is 0 Å². The normalized spacial score (nSPS) is 15.0. The van der Waals surface area contributed by atoms with Gasteiger partial charge < -0.3 is 14.0 Å². The van der Waals surface area contributed by atoms with E-state index < -0.39 is 16.2 Å². The average molecular weight is 451 g/mol. The summed E-state index contributed by atoms with van der Waals surface area (Å²) in [5, 5.41) is 0. The topological polar surface area (TPSA) is 87.5 Å². The van der Waals surface area contributed by atoms with Crippen LogP contribution in [0.2, 0.25) is 0 Å². The van der Waals surface area contributed by atoms with Crippen LogP contribution in [0.4, 0.5) is 0 Å². The Morgan fingerprint density at radius 1 is 0.875 bits per heavy atom.